The number of carbonyl (C=O) groups excluding carboxylic acids is 2. The lowest BCUT2D eigenvalue weighted by Crippen LogP contribution is -2.49. The van der Waals surface area contributed by atoms with Crippen molar-refractivity contribution in [3.63, 3.8) is 0 Å². The number of ether oxygens (including phenoxy) is 1. The predicted molar refractivity (Wildman–Crippen MR) is 137 cm³/mol. The molecule has 3 aromatic rings. The molecule has 8 nitrogen and oxygen atoms in total. The molecule has 184 valence electrons. The molecule has 2 N–H and O–H groups in total. The molecule has 5 rings (SSSR count). The van der Waals surface area contributed by atoms with Gasteiger partial charge in [0.1, 0.15) is 0 Å². The van der Waals surface area contributed by atoms with Crippen LogP contribution in [0.3, 0.4) is 0 Å². The zero-order valence-corrected chi connectivity index (χ0v) is 20.2. The fourth-order valence-corrected chi connectivity index (χ4v) is 5.55. The van der Waals surface area contributed by atoms with E-state index in [1.54, 1.807) is 24.4 Å². The summed E-state index contributed by atoms with van der Waals surface area (Å²) in [7, 11) is 1.31. The maximum absolute atomic E-state index is 12.9. The van der Waals surface area contributed by atoms with Crippen LogP contribution < -0.4 is 15.5 Å². The van der Waals surface area contributed by atoms with Crippen LogP contribution >= 0.6 is 0 Å². The molecule has 0 saturated heterocycles. The Hall–Kier alpha value is -3.55. The molecular formula is C27H33N5O3. The molecule has 8 heteroatoms. The smallest absolute Gasteiger partial charge is 0.434 e. The summed E-state index contributed by atoms with van der Waals surface area (Å²) in [5.41, 5.74) is 3.90. The van der Waals surface area contributed by atoms with Gasteiger partial charge in [-0.25, -0.2) is 9.59 Å². The minimum Gasteiger partial charge on any atom is -0.451 e. The van der Waals surface area contributed by atoms with E-state index in [0.717, 1.165) is 25.3 Å². The van der Waals surface area contributed by atoms with Crippen LogP contribution in [0.1, 0.15) is 44.1 Å². The summed E-state index contributed by atoms with van der Waals surface area (Å²) < 4.78 is 5.96. The Bertz CT molecular complexity index is 1200. The van der Waals surface area contributed by atoms with Gasteiger partial charge >= 0.3 is 12.1 Å². The molecule has 2 amide bonds. The number of rotatable bonds is 5. The number of aromatic nitrogens is 2. The molecule has 1 aliphatic carbocycles. The average Bonchev–Trinajstić information content (AvgIpc) is 3.34. The second kappa shape index (κ2) is 10.4. The lowest BCUT2D eigenvalue weighted by atomic mass is 9.87. The lowest BCUT2D eigenvalue weighted by molar-refractivity contribution is 0.170. The van der Waals surface area contributed by atoms with Crippen molar-refractivity contribution >= 4 is 34.4 Å². The minimum absolute atomic E-state index is 0.260. The number of nitrogens with one attached hydrogen (secondary N) is 2. The van der Waals surface area contributed by atoms with Gasteiger partial charge in [0, 0.05) is 30.2 Å². The maximum atomic E-state index is 12.9. The number of fused-ring (bicyclic) bond motifs is 2. The van der Waals surface area contributed by atoms with Crippen molar-refractivity contribution in [1.29, 1.82) is 0 Å². The Morgan fingerprint density at radius 3 is 2.71 bits per heavy atom. The molecule has 1 aliphatic heterocycles. The van der Waals surface area contributed by atoms with Gasteiger partial charge in [-0.05, 0) is 55.4 Å². The molecule has 2 aliphatic rings. The molecular weight excluding hydrogens is 442 g/mol. The SMILES string of the molecule is COC(=O)n1ncc2c(NC(=O)NCC3CCc4ccccc4N3CC3CCCCC3)cccc21. The number of nitrogens with zero attached hydrogens (tertiary/aromatic N) is 3. The van der Waals surface area contributed by atoms with E-state index in [4.69, 9.17) is 4.74 Å². The topological polar surface area (TPSA) is 88.5 Å². The second-order valence-electron chi connectivity index (χ2n) is 9.58. The van der Waals surface area contributed by atoms with Crippen LogP contribution in [0.5, 0.6) is 0 Å². The Balaban J connectivity index is 1.27. The third-order valence-electron chi connectivity index (χ3n) is 7.38. The molecule has 0 bridgehead atoms. The maximum Gasteiger partial charge on any atom is 0.434 e. The van der Waals surface area contributed by atoms with E-state index in [2.05, 4.69) is 44.9 Å². The number of urea groups is 1. The summed E-state index contributed by atoms with van der Waals surface area (Å²) in [6, 6.07) is 14.0. The van der Waals surface area contributed by atoms with Crippen molar-refractivity contribution < 1.29 is 14.3 Å². The first-order chi connectivity index (χ1) is 17.1. The highest BCUT2D eigenvalue weighted by atomic mass is 16.5. The van der Waals surface area contributed by atoms with Gasteiger partial charge in [0.25, 0.3) is 0 Å². The van der Waals surface area contributed by atoms with Gasteiger partial charge in [0.15, 0.2) is 0 Å². The molecule has 0 spiro atoms. The summed E-state index contributed by atoms with van der Waals surface area (Å²) >= 11 is 0. The molecule has 1 fully saturated rings. The first-order valence-electron chi connectivity index (χ1n) is 12.6. The third-order valence-corrected chi connectivity index (χ3v) is 7.38. The number of benzene rings is 2. The van der Waals surface area contributed by atoms with Crippen molar-refractivity contribution in [2.24, 2.45) is 5.92 Å². The van der Waals surface area contributed by atoms with Gasteiger partial charge in [-0.15, -0.1) is 0 Å². The van der Waals surface area contributed by atoms with Crippen LogP contribution in [0.25, 0.3) is 10.9 Å². The van der Waals surface area contributed by atoms with E-state index in [1.165, 1.54) is 55.1 Å². The van der Waals surface area contributed by atoms with E-state index in [0.29, 0.717) is 23.1 Å². The van der Waals surface area contributed by atoms with E-state index < -0.39 is 6.09 Å². The molecule has 0 radical (unpaired) electrons. The fourth-order valence-electron chi connectivity index (χ4n) is 5.55. The molecule has 1 aromatic heterocycles. The number of amides is 2. The van der Waals surface area contributed by atoms with Crippen molar-refractivity contribution in [3.05, 3.63) is 54.2 Å². The van der Waals surface area contributed by atoms with Gasteiger partial charge in [0.05, 0.1) is 24.5 Å². The summed E-state index contributed by atoms with van der Waals surface area (Å²) in [6.07, 6.45) is 9.62. The predicted octanol–water partition coefficient (Wildman–Crippen LogP) is 5.17. The van der Waals surface area contributed by atoms with Crippen molar-refractivity contribution in [2.75, 3.05) is 30.4 Å². The number of hydrogen-bond donors (Lipinski definition) is 2. The Labute approximate surface area is 205 Å². The summed E-state index contributed by atoms with van der Waals surface area (Å²) in [5, 5.41) is 10.8. The molecule has 1 unspecified atom stereocenters. The molecule has 2 aromatic carbocycles. The van der Waals surface area contributed by atoms with Gasteiger partial charge < -0.3 is 20.3 Å². The number of para-hydroxylation sites is 1. The largest absolute Gasteiger partial charge is 0.451 e. The van der Waals surface area contributed by atoms with Crippen LogP contribution in [0, 0.1) is 5.92 Å². The Morgan fingerprint density at radius 2 is 1.89 bits per heavy atom. The summed E-state index contributed by atoms with van der Waals surface area (Å²) in [6.45, 7) is 1.63. The zero-order valence-electron chi connectivity index (χ0n) is 20.2. The highest BCUT2D eigenvalue weighted by molar-refractivity contribution is 6.02. The highest BCUT2D eigenvalue weighted by Gasteiger charge is 2.29. The van der Waals surface area contributed by atoms with Crippen LogP contribution in [0.15, 0.2) is 48.7 Å². The number of aryl methyl sites for hydroxylation is 1. The zero-order chi connectivity index (χ0) is 24.2. The van der Waals surface area contributed by atoms with E-state index in [9.17, 15) is 9.59 Å². The van der Waals surface area contributed by atoms with Crippen LogP contribution in [-0.4, -0.2) is 48.1 Å². The third kappa shape index (κ3) is 4.97. The van der Waals surface area contributed by atoms with Crippen molar-refractivity contribution in [2.45, 2.75) is 51.0 Å². The van der Waals surface area contributed by atoms with Crippen LogP contribution in [-0.2, 0) is 11.2 Å². The molecule has 2 heterocycles. The van der Waals surface area contributed by atoms with Crippen molar-refractivity contribution in [3.8, 4) is 0 Å². The monoisotopic (exact) mass is 475 g/mol. The average molecular weight is 476 g/mol. The Kier molecular flexibility index (Phi) is 6.88. The van der Waals surface area contributed by atoms with Gasteiger partial charge in [0.2, 0.25) is 0 Å². The quantitative estimate of drug-likeness (QED) is 0.531. The molecule has 35 heavy (non-hydrogen) atoms. The normalized spacial score (nSPS) is 18.2. The minimum atomic E-state index is -0.572. The standard InChI is InChI=1S/C27H33N5O3/c1-35-27(34)32-25-13-7-11-23(22(25)17-29-32)30-26(33)28-16-21-15-14-20-10-5-6-12-24(20)31(21)18-19-8-3-2-4-9-19/h5-7,10-13,17,19,21H,2-4,8-9,14-16,18H2,1H3,(H2,28,30,33). The van der Waals surface area contributed by atoms with E-state index in [-0.39, 0.29) is 12.1 Å². The fraction of sp³-hybridized carbons (Fsp3) is 0.444. The van der Waals surface area contributed by atoms with Gasteiger partial charge in [-0.3, -0.25) is 0 Å². The van der Waals surface area contributed by atoms with Crippen LogP contribution in [0.2, 0.25) is 0 Å². The van der Waals surface area contributed by atoms with Crippen LogP contribution in [0.4, 0.5) is 21.0 Å². The van der Waals surface area contributed by atoms with Crippen molar-refractivity contribution in [1.82, 2.24) is 15.1 Å². The van der Waals surface area contributed by atoms with Gasteiger partial charge in [-0.2, -0.15) is 9.78 Å². The molecule has 1 atom stereocenters. The van der Waals surface area contributed by atoms with E-state index >= 15 is 0 Å². The number of carbonyl (C=O) groups is 2. The molecule has 1 saturated carbocycles. The first-order valence-corrected chi connectivity index (χ1v) is 12.6. The summed E-state index contributed by atoms with van der Waals surface area (Å²) in [4.78, 5) is 27.4. The Morgan fingerprint density at radius 1 is 1.06 bits per heavy atom. The van der Waals surface area contributed by atoms with Gasteiger partial charge in [-0.1, -0.05) is 43.5 Å². The lowest BCUT2D eigenvalue weighted by Gasteiger charge is -2.41. The first kappa shape index (κ1) is 23.2. The summed E-state index contributed by atoms with van der Waals surface area (Å²) in [5.74, 6) is 0.718. The second-order valence-corrected chi connectivity index (χ2v) is 9.58. The highest BCUT2D eigenvalue weighted by Crippen LogP contribution is 2.34. The number of methoxy groups -OCH3 is 1. The van der Waals surface area contributed by atoms with E-state index in [1.807, 2.05) is 0 Å². The number of anilines is 2. The number of hydrogen-bond acceptors (Lipinski definition) is 5.